The summed E-state index contributed by atoms with van der Waals surface area (Å²) >= 11 is 0. The summed E-state index contributed by atoms with van der Waals surface area (Å²) in [5.74, 6) is -0.456. The Morgan fingerprint density at radius 2 is 1.71 bits per heavy atom. The zero-order chi connectivity index (χ0) is 15.2. The second kappa shape index (κ2) is 7.08. The Labute approximate surface area is 124 Å². The summed E-state index contributed by atoms with van der Waals surface area (Å²) in [6.45, 7) is 0.414. The van der Waals surface area contributed by atoms with Crippen molar-refractivity contribution in [2.45, 2.75) is 44.3 Å². The van der Waals surface area contributed by atoms with E-state index in [9.17, 15) is 9.59 Å². The highest BCUT2D eigenvalue weighted by Crippen LogP contribution is 2.16. The third kappa shape index (κ3) is 4.75. The van der Waals surface area contributed by atoms with Crippen molar-refractivity contribution >= 4 is 11.9 Å². The average molecular weight is 290 g/mol. The molecule has 2 rings (SSSR count). The minimum Gasteiger partial charge on any atom is -0.366 e. The fourth-order valence-electron chi connectivity index (χ4n) is 2.47. The monoisotopic (exact) mass is 290 g/mol. The highest BCUT2D eigenvalue weighted by atomic mass is 16.2. The van der Waals surface area contributed by atoms with Crippen LogP contribution in [0.3, 0.4) is 0 Å². The van der Waals surface area contributed by atoms with Gasteiger partial charge in [0.2, 0.25) is 5.91 Å². The number of nitrogens with two attached hydrogens (primary N) is 2. The molecule has 1 aliphatic rings. The molecule has 1 aliphatic carbocycles. The molecule has 0 spiro atoms. The van der Waals surface area contributed by atoms with E-state index in [1.807, 2.05) is 0 Å². The van der Waals surface area contributed by atoms with Gasteiger partial charge in [0.1, 0.15) is 0 Å². The van der Waals surface area contributed by atoms with E-state index < -0.39 is 5.91 Å². The Morgan fingerprint density at radius 3 is 2.29 bits per heavy atom. The molecular formula is C15H22N4O2. The van der Waals surface area contributed by atoms with Gasteiger partial charge in [-0.05, 0) is 43.4 Å². The topological polar surface area (TPSA) is 110 Å². The van der Waals surface area contributed by atoms with Gasteiger partial charge in [0.25, 0.3) is 0 Å². The lowest BCUT2D eigenvalue weighted by Gasteiger charge is -2.26. The number of hydrogen-bond acceptors (Lipinski definition) is 3. The van der Waals surface area contributed by atoms with Crippen LogP contribution in [0, 0.1) is 0 Å². The molecule has 21 heavy (non-hydrogen) atoms. The molecule has 114 valence electrons. The van der Waals surface area contributed by atoms with E-state index in [0.717, 1.165) is 31.2 Å². The summed E-state index contributed by atoms with van der Waals surface area (Å²) in [6.07, 6.45) is 3.78. The summed E-state index contributed by atoms with van der Waals surface area (Å²) in [5.41, 5.74) is 12.4. The molecule has 0 unspecified atom stereocenters. The van der Waals surface area contributed by atoms with Crippen LogP contribution in [0.1, 0.15) is 41.6 Å². The number of urea groups is 1. The summed E-state index contributed by atoms with van der Waals surface area (Å²) in [7, 11) is 0. The Hall–Kier alpha value is -2.08. The first-order chi connectivity index (χ1) is 10.0. The molecule has 3 amide bonds. The maximum absolute atomic E-state index is 11.8. The fraction of sp³-hybridized carbons (Fsp3) is 0.467. The first-order valence-corrected chi connectivity index (χ1v) is 7.23. The molecule has 1 fully saturated rings. The van der Waals surface area contributed by atoms with Gasteiger partial charge in [0, 0.05) is 24.2 Å². The predicted molar refractivity (Wildman–Crippen MR) is 80.6 cm³/mol. The van der Waals surface area contributed by atoms with Gasteiger partial charge in [-0.15, -0.1) is 0 Å². The Balaban J connectivity index is 1.74. The smallest absolute Gasteiger partial charge is 0.315 e. The molecule has 6 nitrogen and oxygen atoms in total. The molecule has 0 saturated heterocycles. The van der Waals surface area contributed by atoms with Crippen molar-refractivity contribution in [2.75, 3.05) is 0 Å². The highest BCUT2D eigenvalue weighted by molar-refractivity contribution is 5.92. The molecular weight excluding hydrogens is 268 g/mol. The minimum atomic E-state index is -0.456. The second-order valence-electron chi connectivity index (χ2n) is 5.50. The van der Waals surface area contributed by atoms with Gasteiger partial charge in [0.15, 0.2) is 0 Å². The van der Waals surface area contributed by atoms with Gasteiger partial charge in [-0.2, -0.15) is 0 Å². The van der Waals surface area contributed by atoms with Crippen LogP contribution < -0.4 is 22.1 Å². The molecule has 0 aliphatic heterocycles. The van der Waals surface area contributed by atoms with Gasteiger partial charge in [-0.1, -0.05) is 12.1 Å². The van der Waals surface area contributed by atoms with Gasteiger partial charge >= 0.3 is 6.03 Å². The highest BCUT2D eigenvalue weighted by Gasteiger charge is 2.19. The van der Waals surface area contributed by atoms with Crippen molar-refractivity contribution in [1.29, 1.82) is 0 Å². The number of benzene rings is 1. The number of primary amides is 1. The number of amides is 3. The summed E-state index contributed by atoms with van der Waals surface area (Å²) in [6, 6.07) is 7.17. The zero-order valence-corrected chi connectivity index (χ0v) is 12.0. The van der Waals surface area contributed by atoms with Crippen LogP contribution in [0.25, 0.3) is 0 Å². The number of rotatable bonds is 4. The third-order valence-electron chi connectivity index (χ3n) is 3.80. The number of carbonyl (C=O) groups is 2. The summed E-state index contributed by atoms with van der Waals surface area (Å²) in [5, 5.41) is 5.77. The van der Waals surface area contributed by atoms with E-state index in [-0.39, 0.29) is 18.1 Å². The van der Waals surface area contributed by atoms with E-state index in [1.165, 1.54) is 0 Å². The number of nitrogens with one attached hydrogen (secondary N) is 2. The van der Waals surface area contributed by atoms with Crippen molar-refractivity contribution in [2.24, 2.45) is 11.5 Å². The van der Waals surface area contributed by atoms with Crippen LogP contribution in [-0.2, 0) is 6.54 Å². The molecule has 0 atom stereocenters. The summed E-state index contributed by atoms with van der Waals surface area (Å²) < 4.78 is 0. The second-order valence-corrected chi connectivity index (χ2v) is 5.50. The largest absolute Gasteiger partial charge is 0.366 e. The molecule has 6 N–H and O–H groups in total. The first kappa shape index (κ1) is 15.3. The van der Waals surface area contributed by atoms with Crippen LogP contribution in [0.4, 0.5) is 4.79 Å². The normalized spacial score (nSPS) is 21.6. The van der Waals surface area contributed by atoms with E-state index in [4.69, 9.17) is 11.5 Å². The van der Waals surface area contributed by atoms with Gasteiger partial charge in [-0.25, -0.2) is 4.79 Å². The molecule has 0 bridgehead atoms. The van der Waals surface area contributed by atoms with E-state index in [1.54, 1.807) is 24.3 Å². The van der Waals surface area contributed by atoms with Crippen molar-refractivity contribution in [3.05, 3.63) is 35.4 Å². The molecule has 0 radical (unpaired) electrons. The molecule has 1 aromatic rings. The van der Waals surface area contributed by atoms with Gasteiger partial charge in [-0.3, -0.25) is 4.79 Å². The standard InChI is InChI=1S/C15H22N4O2/c16-12-5-7-13(8-6-12)19-15(21)18-9-10-1-3-11(4-2-10)14(17)20/h1-4,12-13H,5-9,16H2,(H2,17,20)(H2,18,19,21). The lowest BCUT2D eigenvalue weighted by molar-refractivity contribution is 0.1000. The Morgan fingerprint density at radius 1 is 1.10 bits per heavy atom. The van der Waals surface area contributed by atoms with Crippen molar-refractivity contribution < 1.29 is 9.59 Å². The average Bonchev–Trinajstić information content (AvgIpc) is 2.48. The van der Waals surface area contributed by atoms with Gasteiger partial charge < -0.3 is 22.1 Å². The van der Waals surface area contributed by atoms with Crippen LogP contribution in [-0.4, -0.2) is 24.0 Å². The van der Waals surface area contributed by atoms with Gasteiger partial charge in [0.05, 0.1) is 0 Å². The first-order valence-electron chi connectivity index (χ1n) is 7.23. The van der Waals surface area contributed by atoms with E-state index >= 15 is 0 Å². The maximum Gasteiger partial charge on any atom is 0.315 e. The lowest BCUT2D eigenvalue weighted by atomic mass is 9.92. The molecule has 1 saturated carbocycles. The maximum atomic E-state index is 11.8. The zero-order valence-electron chi connectivity index (χ0n) is 12.0. The lowest BCUT2D eigenvalue weighted by Crippen LogP contribution is -2.44. The van der Waals surface area contributed by atoms with Crippen molar-refractivity contribution in [1.82, 2.24) is 10.6 Å². The van der Waals surface area contributed by atoms with Crippen LogP contribution >= 0.6 is 0 Å². The van der Waals surface area contributed by atoms with Crippen LogP contribution in [0.2, 0.25) is 0 Å². The minimum absolute atomic E-state index is 0.172. The summed E-state index contributed by atoms with van der Waals surface area (Å²) in [4.78, 5) is 22.8. The molecule has 1 aromatic carbocycles. The molecule has 0 aromatic heterocycles. The molecule has 0 heterocycles. The molecule has 6 heteroatoms. The van der Waals surface area contributed by atoms with E-state index in [0.29, 0.717) is 12.1 Å². The van der Waals surface area contributed by atoms with E-state index in [2.05, 4.69) is 10.6 Å². The number of carbonyl (C=O) groups excluding carboxylic acids is 2. The fourth-order valence-corrected chi connectivity index (χ4v) is 2.47. The SMILES string of the molecule is NC(=O)c1ccc(CNC(=O)NC2CCC(N)CC2)cc1. The van der Waals surface area contributed by atoms with Crippen molar-refractivity contribution in [3.63, 3.8) is 0 Å². The number of hydrogen-bond donors (Lipinski definition) is 4. The Kier molecular flexibility index (Phi) is 5.16. The quantitative estimate of drug-likeness (QED) is 0.660. The third-order valence-corrected chi connectivity index (χ3v) is 3.80. The van der Waals surface area contributed by atoms with Crippen LogP contribution in [0.15, 0.2) is 24.3 Å². The Bertz CT molecular complexity index is 493. The van der Waals surface area contributed by atoms with Crippen molar-refractivity contribution in [3.8, 4) is 0 Å². The predicted octanol–water partition coefficient (Wildman–Crippen LogP) is 0.855. The van der Waals surface area contributed by atoms with Crippen LogP contribution in [0.5, 0.6) is 0 Å².